The molecular weight excluding hydrogens is 332 g/mol. The summed E-state index contributed by atoms with van der Waals surface area (Å²) >= 11 is 5.73. The van der Waals surface area contributed by atoms with E-state index in [-0.39, 0.29) is 5.28 Å². The Balaban J connectivity index is 1.79. The van der Waals surface area contributed by atoms with Crippen molar-refractivity contribution in [1.29, 1.82) is 0 Å². The maximum atomic E-state index is 12.0. The Morgan fingerprint density at radius 1 is 1.33 bits per heavy atom. The molecule has 0 saturated carbocycles. The molecule has 8 heteroatoms. The van der Waals surface area contributed by atoms with E-state index < -0.39 is 6.09 Å². The highest BCUT2D eigenvalue weighted by Crippen LogP contribution is 2.25. The predicted octanol–water partition coefficient (Wildman–Crippen LogP) is 4.06. The Labute approximate surface area is 143 Å². The van der Waals surface area contributed by atoms with Crippen molar-refractivity contribution in [2.75, 3.05) is 6.61 Å². The van der Waals surface area contributed by atoms with E-state index >= 15 is 0 Å². The van der Waals surface area contributed by atoms with Crippen LogP contribution in [0.5, 0.6) is 11.6 Å². The van der Waals surface area contributed by atoms with Gasteiger partial charge in [-0.25, -0.2) is 9.78 Å². The SMILES string of the molecule is CCCCOC(=O)n1ncc2cc(Oc3ccnc(Cl)n3)ccc21. The molecule has 7 nitrogen and oxygen atoms in total. The lowest BCUT2D eigenvalue weighted by molar-refractivity contribution is 0.144. The van der Waals surface area contributed by atoms with Crippen molar-refractivity contribution in [2.45, 2.75) is 19.8 Å². The van der Waals surface area contributed by atoms with Gasteiger partial charge in [0, 0.05) is 17.6 Å². The maximum absolute atomic E-state index is 12.0. The van der Waals surface area contributed by atoms with Crippen LogP contribution in [-0.2, 0) is 4.74 Å². The lowest BCUT2D eigenvalue weighted by atomic mass is 10.2. The van der Waals surface area contributed by atoms with Crippen molar-refractivity contribution in [3.8, 4) is 11.6 Å². The van der Waals surface area contributed by atoms with Crippen molar-refractivity contribution in [2.24, 2.45) is 0 Å². The topological polar surface area (TPSA) is 79.1 Å². The molecule has 0 aliphatic rings. The van der Waals surface area contributed by atoms with E-state index in [0.717, 1.165) is 18.2 Å². The normalized spacial score (nSPS) is 10.8. The number of hydrogen-bond donors (Lipinski definition) is 0. The molecule has 0 atom stereocenters. The average Bonchev–Trinajstić information content (AvgIpc) is 2.98. The van der Waals surface area contributed by atoms with Crippen LogP contribution in [0.15, 0.2) is 36.7 Å². The molecule has 3 aromatic rings. The Kier molecular flexibility index (Phi) is 4.90. The first kappa shape index (κ1) is 16.2. The van der Waals surface area contributed by atoms with Gasteiger partial charge in [0.2, 0.25) is 11.2 Å². The first-order valence-electron chi connectivity index (χ1n) is 7.48. The summed E-state index contributed by atoms with van der Waals surface area (Å²) in [6.07, 6.45) is 4.38. The van der Waals surface area contributed by atoms with E-state index in [4.69, 9.17) is 21.1 Å². The number of hydrogen-bond acceptors (Lipinski definition) is 6. The molecule has 124 valence electrons. The van der Waals surface area contributed by atoms with Gasteiger partial charge in [-0.15, -0.1) is 0 Å². The summed E-state index contributed by atoms with van der Waals surface area (Å²) in [7, 11) is 0. The quantitative estimate of drug-likeness (QED) is 0.512. The highest BCUT2D eigenvalue weighted by atomic mass is 35.5. The molecule has 0 fully saturated rings. The number of ether oxygens (including phenoxy) is 2. The lowest BCUT2D eigenvalue weighted by Gasteiger charge is -2.06. The van der Waals surface area contributed by atoms with Crippen LogP contribution in [0.25, 0.3) is 10.9 Å². The summed E-state index contributed by atoms with van der Waals surface area (Å²) in [5.74, 6) is 0.886. The van der Waals surface area contributed by atoms with Crippen molar-refractivity contribution < 1.29 is 14.3 Å². The molecule has 0 spiro atoms. The van der Waals surface area contributed by atoms with Gasteiger partial charge in [0.15, 0.2) is 0 Å². The molecule has 2 heterocycles. The number of fused-ring (bicyclic) bond motifs is 1. The maximum Gasteiger partial charge on any atom is 0.435 e. The summed E-state index contributed by atoms with van der Waals surface area (Å²) in [6, 6.07) is 6.82. The summed E-state index contributed by atoms with van der Waals surface area (Å²) in [6.45, 7) is 2.41. The van der Waals surface area contributed by atoms with Gasteiger partial charge in [-0.1, -0.05) is 13.3 Å². The second-order valence-electron chi connectivity index (χ2n) is 5.01. The zero-order valence-corrected chi connectivity index (χ0v) is 13.7. The van der Waals surface area contributed by atoms with Crippen molar-refractivity contribution in [1.82, 2.24) is 19.7 Å². The molecule has 0 aliphatic heterocycles. The molecule has 2 aromatic heterocycles. The summed E-state index contributed by atoms with van der Waals surface area (Å²) in [5, 5.41) is 4.93. The number of unbranched alkanes of at least 4 members (excludes halogenated alkanes) is 1. The van der Waals surface area contributed by atoms with Crippen LogP contribution >= 0.6 is 11.6 Å². The minimum Gasteiger partial charge on any atom is -0.448 e. The highest BCUT2D eigenvalue weighted by Gasteiger charge is 2.12. The summed E-state index contributed by atoms with van der Waals surface area (Å²) < 4.78 is 12.0. The van der Waals surface area contributed by atoms with E-state index in [9.17, 15) is 4.79 Å². The van der Waals surface area contributed by atoms with E-state index in [1.807, 2.05) is 6.92 Å². The lowest BCUT2D eigenvalue weighted by Crippen LogP contribution is -2.15. The fourth-order valence-electron chi connectivity index (χ4n) is 2.08. The van der Waals surface area contributed by atoms with Gasteiger partial charge in [0.05, 0.1) is 18.3 Å². The number of nitrogens with zero attached hydrogens (tertiary/aromatic N) is 4. The van der Waals surface area contributed by atoms with E-state index in [2.05, 4.69) is 15.1 Å². The molecule has 0 N–H and O–H groups in total. The monoisotopic (exact) mass is 346 g/mol. The fourth-order valence-corrected chi connectivity index (χ4v) is 2.22. The minimum atomic E-state index is -0.491. The van der Waals surface area contributed by atoms with Gasteiger partial charge in [0.1, 0.15) is 5.75 Å². The smallest absolute Gasteiger partial charge is 0.435 e. The second kappa shape index (κ2) is 7.27. The van der Waals surface area contributed by atoms with Gasteiger partial charge in [-0.3, -0.25) is 0 Å². The predicted molar refractivity (Wildman–Crippen MR) is 88.5 cm³/mol. The van der Waals surface area contributed by atoms with Crippen LogP contribution in [-0.4, -0.2) is 32.4 Å². The number of halogens is 1. The summed E-state index contributed by atoms with van der Waals surface area (Å²) in [4.78, 5) is 19.8. The first-order chi connectivity index (χ1) is 11.7. The Morgan fingerprint density at radius 2 is 2.21 bits per heavy atom. The van der Waals surface area contributed by atoms with E-state index in [1.165, 1.54) is 10.9 Å². The Bertz CT molecular complexity index is 865. The molecular formula is C16H15ClN4O3. The van der Waals surface area contributed by atoms with E-state index in [1.54, 1.807) is 30.5 Å². The zero-order valence-electron chi connectivity index (χ0n) is 13.0. The molecule has 0 unspecified atom stereocenters. The largest absolute Gasteiger partial charge is 0.448 e. The minimum absolute atomic E-state index is 0.108. The van der Waals surface area contributed by atoms with Gasteiger partial charge in [0.25, 0.3) is 0 Å². The van der Waals surface area contributed by atoms with Gasteiger partial charge in [-0.05, 0) is 36.2 Å². The van der Waals surface area contributed by atoms with Crippen LogP contribution in [0.4, 0.5) is 4.79 Å². The molecule has 1 aromatic carbocycles. The number of carbonyl (C=O) groups excluding carboxylic acids is 1. The van der Waals surface area contributed by atoms with Crippen LogP contribution in [0.3, 0.4) is 0 Å². The molecule has 0 bridgehead atoms. The van der Waals surface area contributed by atoms with Gasteiger partial charge < -0.3 is 9.47 Å². The first-order valence-corrected chi connectivity index (χ1v) is 7.86. The number of aromatic nitrogens is 4. The number of rotatable bonds is 5. The molecule has 24 heavy (non-hydrogen) atoms. The number of carbonyl (C=O) groups is 1. The Hall–Kier alpha value is -2.67. The molecule has 0 saturated heterocycles. The molecule has 0 radical (unpaired) electrons. The van der Waals surface area contributed by atoms with Gasteiger partial charge >= 0.3 is 6.09 Å². The van der Waals surface area contributed by atoms with Crippen molar-refractivity contribution in [3.63, 3.8) is 0 Å². The summed E-state index contributed by atoms with van der Waals surface area (Å²) in [5.41, 5.74) is 0.643. The van der Waals surface area contributed by atoms with Crippen LogP contribution in [0.2, 0.25) is 5.28 Å². The highest BCUT2D eigenvalue weighted by molar-refractivity contribution is 6.28. The second-order valence-corrected chi connectivity index (χ2v) is 5.35. The van der Waals surface area contributed by atoms with Gasteiger partial charge in [-0.2, -0.15) is 14.8 Å². The van der Waals surface area contributed by atoms with Crippen LogP contribution < -0.4 is 4.74 Å². The Morgan fingerprint density at radius 3 is 3.00 bits per heavy atom. The standard InChI is InChI=1S/C16H15ClN4O3/c1-2-3-8-23-16(22)21-13-5-4-12(9-11(13)10-19-21)24-14-6-7-18-15(17)20-14/h4-7,9-10H,2-3,8H2,1H3. The third-order valence-electron chi connectivity index (χ3n) is 3.26. The third kappa shape index (κ3) is 3.62. The zero-order chi connectivity index (χ0) is 16.9. The fraction of sp³-hybridized carbons (Fsp3) is 0.250. The van der Waals surface area contributed by atoms with Crippen LogP contribution in [0.1, 0.15) is 19.8 Å². The van der Waals surface area contributed by atoms with E-state index in [0.29, 0.717) is 23.8 Å². The third-order valence-corrected chi connectivity index (χ3v) is 3.44. The van der Waals surface area contributed by atoms with Crippen molar-refractivity contribution in [3.05, 3.63) is 41.9 Å². The number of benzene rings is 1. The molecule has 0 amide bonds. The molecule has 3 rings (SSSR count). The average molecular weight is 347 g/mol. The van der Waals surface area contributed by atoms with Crippen LogP contribution in [0, 0.1) is 0 Å². The molecule has 0 aliphatic carbocycles. The van der Waals surface area contributed by atoms with Crippen molar-refractivity contribution >= 4 is 28.6 Å².